The Morgan fingerprint density at radius 1 is 1.50 bits per heavy atom. The fraction of sp³-hybridized carbons (Fsp3) is 0.455. The summed E-state index contributed by atoms with van der Waals surface area (Å²) in [6.45, 7) is 4.06. The van der Waals surface area contributed by atoms with Gasteiger partial charge in [0.25, 0.3) is 0 Å². The van der Waals surface area contributed by atoms with Gasteiger partial charge >= 0.3 is 5.97 Å². The number of rotatable bonds is 6. The summed E-state index contributed by atoms with van der Waals surface area (Å²) in [6.07, 6.45) is 0.765. The number of nitrogens with one attached hydrogen (secondary N) is 1. The molecule has 0 atom stereocenters. The largest absolute Gasteiger partial charge is 0.466 e. The zero-order chi connectivity index (χ0) is 13.5. The zero-order valence-electron chi connectivity index (χ0n) is 10.2. The number of carbonyl (C=O) groups excluding carboxylic acids is 2. The smallest absolute Gasteiger partial charge is 0.307 e. The molecule has 6 nitrogen and oxygen atoms in total. The van der Waals surface area contributed by atoms with Crippen molar-refractivity contribution in [3.8, 4) is 0 Å². The zero-order valence-corrected chi connectivity index (χ0v) is 11.0. The van der Waals surface area contributed by atoms with Gasteiger partial charge in [0.2, 0.25) is 0 Å². The molecule has 1 rings (SSSR count). The SMILES string of the molecule is CCOC(=O)CCNc1nc(C)nc(Cl)c1C=O. The third kappa shape index (κ3) is 3.96. The first-order valence-corrected chi connectivity index (χ1v) is 5.85. The van der Waals surface area contributed by atoms with Crippen LogP contribution >= 0.6 is 11.6 Å². The molecule has 0 aliphatic heterocycles. The average Bonchev–Trinajstić information content (AvgIpc) is 2.28. The van der Waals surface area contributed by atoms with Crippen molar-refractivity contribution in [3.63, 3.8) is 0 Å². The second kappa shape index (κ2) is 6.90. The van der Waals surface area contributed by atoms with Crippen molar-refractivity contribution >= 4 is 29.7 Å². The van der Waals surface area contributed by atoms with Crippen molar-refractivity contribution in [2.75, 3.05) is 18.5 Å². The molecule has 0 spiro atoms. The standard InChI is InChI=1S/C11H14ClN3O3/c1-3-18-9(17)4-5-13-11-8(6-16)10(12)14-7(2)15-11/h6H,3-5H2,1-2H3,(H,13,14,15). The number of aryl methyl sites for hydroxylation is 1. The fourth-order valence-electron chi connectivity index (χ4n) is 1.30. The van der Waals surface area contributed by atoms with Crippen LogP contribution in [0.4, 0.5) is 5.82 Å². The lowest BCUT2D eigenvalue weighted by atomic mass is 10.3. The molecule has 0 bridgehead atoms. The summed E-state index contributed by atoms with van der Waals surface area (Å²) in [5.74, 6) is 0.463. The predicted octanol–water partition coefficient (Wildman–Crippen LogP) is 1.62. The molecular formula is C11H14ClN3O3. The minimum atomic E-state index is -0.311. The Kier molecular flexibility index (Phi) is 5.51. The molecule has 0 amide bonds. The molecule has 0 radical (unpaired) electrons. The van der Waals surface area contributed by atoms with Crippen molar-refractivity contribution in [3.05, 3.63) is 16.5 Å². The Morgan fingerprint density at radius 2 is 2.22 bits per heavy atom. The van der Waals surface area contributed by atoms with Gasteiger partial charge in [-0.05, 0) is 13.8 Å². The van der Waals surface area contributed by atoms with Gasteiger partial charge in [0.1, 0.15) is 16.8 Å². The number of nitrogens with zero attached hydrogens (tertiary/aromatic N) is 2. The van der Waals surface area contributed by atoms with E-state index in [0.29, 0.717) is 31.1 Å². The van der Waals surface area contributed by atoms with E-state index in [-0.39, 0.29) is 23.1 Å². The Balaban J connectivity index is 2.67. The molecule has 0 unspecified atom stereocenters. The number of aldehydes is 1. The molecule has 0 saturated heterocycles. The third-order valence-electron chi connectivity index (χ3n) is 2.06. The number of hydrogen-bond acceptors (Lipinski definition) is 6. The third-order valence-corrected chi connectivity index (χ3v) is 2.34. The van der Waals surface area contributed by atoms with Gasteiger partial charge in [-0.25, -0.2) is 9.97 Å². The summed E-state index contributed by atoms with van der Waals surface area (Å²) in [7, 11) is 0. The van der Waals surface area contributed by atoms with Crippen LogP contribution < -0.4 is 5.32 Å². The van der Waals surface area contributed by atoms with Gasteiger partial charge in [-0.15, -0.1) is 0 Å². The summed E-state index contributed by atoms with van der Waals surface area (Å²) in [5, 5.41) is 2.96. The molecule has 1 heterocycles. The van der Waals surface area contributed by atoms with Crippen molar-refractivity contribution < 1.29 is 14.3 Å². The molecule has 1 aromatic heterocycles. The minimum Gasteiger partial charge on any atom is -0.466 e. The van der Waals surface area contributed by atoms with Gasteiger partial charge < -0.3 is 10.1 Å². The highest BCUT2D eigenvalue weighted by Gasteiger charge is 2.11. The van der Waals surface area contributed by atoms with Crippen LogP contribution in [0.3, 0.4) is 0 Å². The van der Waals surface area contributed by atoms with Crippen molar-refractivity contribution in [1.29, 1.82) is 0 Å². The summed E-state index contributed by atoms with van der Waals surface area (Å²) in [4.78, 5) is 29.9. The molecule has 1 aromatic rings. The van der Waals surface area contributed by atoms with Crippen LogP contribution in [-0.2, 0) is 9.53 Å². The van der Waals surface area contributed by atoms with E-state index in [4.69, 9.17) is 16.3 Å². The summed E-state index contributed by atoms with van der Waals surface area (Å²) < 4.78 is 4.78. The van der Waals surface area contributed by atoms with Gasteiger partial charge in [0.05, 0.1) is 18.6 Å². The first-order chi connectivity index (χ1) is 8.58. The van der Waals surface area contributed by atoms with Gasteiger partial charge in [-0.3, -0.25) is 9.59 Å². The lowest BCUT2D eigenvalue weighted by Crippen LogP contribution is -2.14. The van der Waals surface area contributed by atoms with E-state index in [1.54, 1.807) is 13.8 Å². The van der Waals surface area contributed by atoms with Gasteiger partial charge in [0, 0.05) is 6.54 Å². The fourth-order valence-corrected chi connectivity index (χ4v) is 1.56. The summed E-state index contributed by atoms with van der Waals surface area (Å²) in [5.41, 5.74) is 0.186. The average molecular weight is 272 g/mol. The van der Waals surface area contributed by atoms with Crippen LogP contribution in [0, 0.1) is 6.92 Å². The van der Waals surface area contributed by atoms with Crippen LogP contribution in [0.25, 0.3) is 0 Å². The molecule has 7 heteroatoms. The topological polar surface area (TPSA) is 81.2 Å². The van der Waals surface area contributed by atoms with E-state index in [0.717, 1.165) is 0 Å². The summed E-state index contributed by atoms with van der Waals surface area (Å²) in [6, 6.07) is 0. The van der Waals surface area contributed by atoms with Crippen LogP contribution in [0.1, 0.15) is 29.5 Å². The number of esters is 1. The Morgan fingerprint density at radius 3 is 2.83 bits per heavy atom. The predicted molar refractivity (Wildman–Crippen MR) is 66.9 cm³/mol. The van der Waals surface area contributed by atoms with Gasteiger partial charge in [-0.1, -0.05) is 11.6 Å². The molecule has 0 aliphatic rings. The van der Waals surface area contributed by atoms with Crippen molar-refractivity contribution in [2.24, 2.45) is 0 Å². The van der Waals surface area contributed by atoms with Crippen LogP contribution in [0.15, 0.2) is 0 Å². The Labute approximate surface area is 110 Å². The van der Waals surface area contributed by atoms with Crippen LogP contribution in [-0.4, -0.2) is 35.4 Å². The second-order valence-electron chi connectivity index (χ2n) is 3.42. The molecule has 98 valence electrons. The number of hydrogen-bond donors (Lipinski definition) is 1. The van der Waals surface area contributed by atoms with Gasteiger partial charge in [-0.2, -0.15) is 0 Å². The first kappa shape index (κ1) is 14.4. The highest BCUT2D eigenvalue weighted by Crippen LogP contribution is 2.18. The molecule has 0 fully saturated rings. The van der Waals surface area contributed by atoms with E-state index < -0.39 is 0 Å². The highest BCUT2D eigenvalue weighted by molar-refractivity contribution is 6.32. The normalized spacial score (nSPS) is 9.94. The molecule has 0 aliphatic carbocycles. The maximum absolute atomic E-state index is 11.1. The lowest BCUT2D eigenvalue weighted by molar-refractivity contribution is -0.142. The van der Waals surface area contributed by atoms with E-state index >= 15 is 0 Å². The molecular weight excluding hydrogens is 258 g/mol. The summed E-state index contributed by atoms with van der Waals surface area (Å²) >= 11 is 5.81. The maximum Gasteiger partial charge on any atom is 0.307 e. The molecule has 18 heavy (non-hydrogen) atoms. The second-order valence-corrected chi connectivity index (χ2v) is 3.78. The quantitative estimate of drug-likeness (QED) is 0.481. The maximum atomic E-state index is 11.1. The van der Waals surface area contributed by atoms with E-state index in [1.807, 2.05) is 0 Å². The van der Waals surface area contributed by atoms with E-state index in [9.17, 15) is 9.59 Å². The number of anilines is 1. The Bertz CT molecular complexity index is 451. The first-order valence-electron chi connectivity index (χ1n) is 5.47. The minimum absolute atomic E-state index is 0.0936. The number of halogens is 1. The Hall–Kier alpha value is -1.69. The number of carbonyl (C=O) groups is 2. The van der Waals surface area contributed by atoms with E-state index in [1.165, 1.54) is 0 Å². The van der Waals surface area contributed by atoms with E-state index in [2.05, 4.69) is 15.3 Å². The lowest BCUT2D eigenvalue weighted by Gasteiger charge is -2.09. The monoisotopic (exact) mass is 271 g/mol. The molecule has 1 N–H and O–H groups in total. The van der Waals surface area contributed by atoms with Gasteiger partial charge in [0.15, 0.2) is 6.29 Å². The van der Waals surface area contributed by atoms with Crippen LogP contribution in [0.5, 0.6) is 0 Å². The van der Waals surface area contributed by atoms with Crippen LogP contribution in [0.2, 0.25) is 5.15 Å². The highest BCUT2D eigenvalue weighted by atomic mass is 35.5. The number of aromatic nitrogens is 2. The molecule has 0 aromatic carbocycles. The van der Waals surface area contributed by atoms with Crippen molar-refractivity contribution in [2.45, 2.75) is 20.3 Å². The number of ether oxygens (including phenoxy) is 1. The van der Waals surface area contributed by atoms with Crippen molar-refractivity contribution in [1.82, 2.24) is 9.97 Å². The molecule has 0 saturated carbocycles.